The lowest BCUT2D eigenvalue weighted by Crippen LogP contribution is -2.32. The Kier molecular flexibility index (Phi) is 5.09. The molecule has 1 fully saturated rings. The zero-order valence-electron chi connectivity index (χ0n) is 15.8. The van der Waals surface area contributed by atoms with Crippen molar-refractivity contribution in [2.75, 3.05) is 7.11 Å². The van der Waals surface area contributed by atoms with E-state index in [0.717, 1.165) is 23.4 Å². The molecule has 0 saturated heterocycles. The van der Waals surface area contributed by atoms with Crippen LogP contribution in [0.15, 0.2) is 60.9 Å². The average Bonchev–Trinajstić information content (AvgIpc) is 3.40. The van der Waals surface area contributed by atoms with Crippen molar-refractivity contribution in [2.45, 2.75) is 18.4 Å². The Bertz CT molecular complexity index is 1000. The number of benzene rings is 2. The lowest BCUT2D eigenvalue weighted by Gasteiger charge is -2.21. The molecular weight excluding hydrogens is 374 g/mol. The standard InChI is InChI=1S/C22H22ClN3O2/c1-26-12-11-24-21(26)20(15-8-4-6-10-19(15)28-2)25-22(27)17-13-16(17)14-7-3-5-9-18(14)23/h3-12,16-17,20H,13H2,1-2H3,(H,25,27). The van der Waals surface area contributed by atoms with Crippen LogP contribution in [0.25, 0.3) is 0 Å². The second-order valence-electron chi connectivity index (χ2n) is 7.05. The molecule has 4 rings (SSSR count). The number of halogens is 1. The minimum absolute atomic E-state index is 0.00354. The van der Waals surface area contributed by atoms with Crippen molar-refractivity contribution in [3.63, 3.8) is 0 Å². The van der Waals surface area contributed by atoms with Gasteiger partial charge in [-0.1, -0.05) is 48.0 Å². The van der Waals surface area contributed by atoms with Crippen LogP contribution in [0, 0.1) is 5.92 Å². The highest BCUT2D eigenvalue weighted by Crippen LogP contribution is 2.50. The van der Waals surface area contributed by atoms with E-state index in [2.05, 4.69) is 10.3 Å². The number of amides is 1. The van der Waals surface area contributed by atoms with Gasteiger partial charge in [0.25, 0.3) is 0 Å². The summed E-state index contributed by atoms with van der Waals surface area (Å²) >= 11 is 6.31. The van der Waals surface area contributed by atoms with Crippen molar-refractivity contribution in [3.8, 4) is 5.75 Å². The van der Waals surface area contributed by atoms with E-state index in [1.807, 2.05) is 66.3 Å². The van der Waals surface area contributed by atoms with Crippen LogP contribution >= 0.6 is 11.6 Å². The number of nitrogens with one attached hydrogen (secondary N) is 1. The van der Waals surface area contributed by atoms with E-state index in [0.29, 0.717) is 10.8 Å². The number of methoxy groups -OCH3 is 1. The molecule has 1 heterocycles. The fourth-order valence-electron chi connectivity index (χ4n) is 3.70. The molecule has 0 radical (unpaired) electrons. The van der Waals surface area contributed by atoms with E-state index >= 15 is 0 Å². The molecule has 1 aliphatic carbocycles. The van der Waals surface area contributed by atoms with E-state index in [4.69, 9.17) is 16.3 Å². The molecule has 1 aromatic heterocycles. The minimum Gasteiger partial charge on any atom is -0.496 e. The van der Waals surface area contributed by atoms with Crippen molar-refractivity contribution in [1.82, 2.24) is 14.9 Å². The summed E-state index contributed by atoms with van der Waals surface area (Å²) in [5.41, 5.74) is 1.91. The molecular formula is C22H22ClN3O2. The molecule has 1 aliphatic rings. The van der Waals surface area contributed by atoms with Crippen LogP contribution in [0.3, 0.4) is 0 Å². The summed E-state index contributed by atoms with van der Waals surface area (Å²) < 4.78 is 7.43. The highest BCUT2D eigenvalue weighted by atomic mass is 35.5. The van der Waals surface area contributed by atoms with E-state index in [1.165, 1.54) is 0 Å². The van der Waals surface area contributed by atoms with E-state index in [-0.39, 0.29) is 17.7 Å². The van der Waals surface area contributed by atoms with Gasteiger partial charge in [0, 0.05) is 35.9 Å². The second kappa shape index (κ2) is 7.68. The lowest BCUT2D eigenvalue weighted by molar-refractivity contribution is -0.123. The molecule has 0 aliphatic heterocycles. The average molecular weight is 396 g/mol. The maximum Gasteiger partial charge on any atom is 0.224 e. The summed E-state index contributed by atoms with van der Waals surface area (Å²) in [6.45, 7) is 0. The molecule has 6 heteroatoms. The molecule has 1 amide bonds. The molecule has 5 nitrogen and oxygen atoms in total. The van der Waals surface area contributed by atoms with Gasteiger partial charge in [-0.2, -0.15) is 0 Å². The Hall–Kier alpha value is -2.79. The van der Waals surface area contributed by atoms with Crippen LogP contribution in [-0.2, 0) is 11.8 Å². The second-order valence-corrected chi connectivity index (χ2v) is 7.46. The normalized spacial score (nSPS) is 19.1. The third kappa shape index (κ3) is 3.50. The maximum absolute atomic E-state index is 13.1. The number of ether oxygens (including phenoxy) is 1. The summed E-state index contributed by atoms with van der Waals surface area (Å²) in [5.74, 6) is 1.55. The topological polar surface area (TPSA) is 56.1 Å². The van der Waals surface area contributed by atoms with Gasteiger partial charge in [0.1, 0.15) is 17.6 Å². The number of rotatable bonds is 6. The first-order valence-corrected chi connectivity index (χ1v) is 9.63. The predicted molar refractivity (Wildman–Crippen MR) is 108 cm³/mol. The van der Waals surface area contributed by atoms with E-state index in [1.54, 1.807) is 13.3 Å². The van der Waals surface area contributed by atoms with Crippen LogP contribution in [0.5, 0.6) is 5.75 Å². The molecule has 3 atom stereocenters. The fraction of sp³-hybridized carbons (Fsp3) is 0.273. The molecule has 0 bridgehead atoms. The number of aromatic nitrogens is 2. The highest BCUT2D eigenvalue weighted by Gasteiger charge is 2.45. The number of nitrogens with zero attached hydrogens (tertiary/aromatic N) is 2. The number of carbonyl (C=O) groups is 1. The van der Waals surface area contributed by atoms with Crippen molar-refractivity contribution >= 4 is 17.5 Å². The smallest absolute Gasteiger partial charge is 0.224 e. The number of imidazole rings is 1. The minimum atomic E-state index is -0.392. The van der Waals surface area contributed by atoms with Gasteiger partial charge in [0.2, 0.25) is 5.91 Å². The first kappa shape index (κ1) is 18.6. The van der Waals surface area contributed by atoms with Crippen LogP contribution in [0.2, 0.25) is 5.02 Å². The van der Waals surface area contributed by atoms with Crippen molar-refractivity contribution in [2.24, 2.45) is 13.0 Å². The number of carbonyl (C=O) groups excluding carboxylic acids is 1. The Balaban J connectivity index is 1.60. The van der Waals surface area contributed by atoms with E-state index in [9.17, 15) is 4.79 Å². The van der Waals surface area contributed by atoms with Gasteiger partial charge in [-0.3, -0.25) is 4.79 Å². The summed E-state index contributed by atoms with van der Waals surface area (Å²) in [4.78, 5) is 17.5. The summed E-state index contributed by atoms with van der Waals surface area (Å²) in [5, 5.41) is 3.90. The van der Waals surface area contributed by atoms with Crippen molar-refractivity contribution < 1.29 is 9.53 Å². The molecule has 28 heavy (non-hydrogen) atoms. The van der Waals surface area contributed by atoms with Gasteiger partial charge in [-0.15, -0.1) is 0 Å². The number of para-hydroxylation sites is 1. The predicted octanol–water partition coefficient (Wildman–Crippen LogP) is 4.09. The van der Waals surface area contributed by atoms with Gasteiger partial charge in [-0.05, 0) is 30.0 Å². The Morgan fingerprint density at radius 3 is 2.71 bits per heavy atom. The van der Waals surface area contributed by atoms with Crippen LogP contribution in [0.4, 0.5) is 0 Å². The van der Waals surface area contributed by atoms with Crippen LogP contribution in [0.1, 0.15) is 35.3 Å². The number of hydrogen-bond donors (Lipinski definition) is 1. The molecule has 1 saturated carbocycles. The van der Waals surface area contributed by atoms with E-state index < -0.39 is 6.04 Å². The zero-order chi connectivity index (χ0) is 19.7. The molecule has 0 spiro atoms. The third-order valence-corrected chi connectivity index (χ3v) is 5.63. The van der Waals surface area contributed by atoms with Gasteiger partial charge in [0.05, 0.1) is 7.11 Å². The van der Waals surface area contributed by atoms with Crippen LogP contribution in [-0.4, -0.2) is 22.6 Å². The molecule has 3 aromatic rings. The molecule has 144 valence electrons. The summed E-state index contributed by atoms with van der Waals surface area (Å²) in [6.07, 6.45) is 4.40. The fourth-order valence-corrected chi connectivity index (χ4v) is 3.97. The zero-order valence-corrected chi connectivity index (χ0v) is 16.6. The Morgan fingerprint density at radius 2 is 2.00 bits per heavy atom. The van der Waals surface area contributed by atoms with Gasteiger partial charge in [0.15, 0.2) is 0 Å². The third-order valence-electron chi connectivity index (χ3n) is 5.29. The Morgan fingerprint density at radius 1 is 1.25 bits per heavy atom. The Labute approximate surface area is 169 Å². The maximum atomic E-state index is 13.1. The lowest BCUT2D eigenvalue weighted by atomic mass is 10.0. The van der Waals surface area contributed by atoms with Crippen molar-refractivity contribution in [3.05, 3.63) is 82.9 Å². The summed E-state index contributed by atoms with van der Waals surface area (Å²) in [6, 6.07) is 15.0. The highest BCUT2D eigenvalue weighted by molar-refractivity contribution is 6.31. The van der Waals surface area contributed by atoms with Gasteiger partial charge in [-0.25, -0.2) is 4.98 Å². The number of aryl methyl sites for hydroxylation is 1. The molecule has 3 unspecified atom stereocenters. The SMILES string of the molecule is COc1ccccc1C(NC(=O)C1CC1c1ccccc1Cl)c1nccn1C. The quantitative estimate of drug-likeness (QED) is 0.683. The van der Waals surface area contributed by atoms with Gasteiger partial charge >= 0.3 is 0 Å². The van der Waals surface area contributed by atoms with Gasteiger partial charge < -0.3 is 14.6 Å². The van der Waals surface area contributed by atoms with Crippen LogP contribution < -0.4 is 10.1 Å². The first-order valence-electron chi connectivity index (χ1n) is 9.25. The summed E-state index contributed by atoms with van der Waals surface area (Å²) in [7, 11) is 3.55. The molecule has 1 N–H and O–H groups in total. The largest absolute Gasteiger partial charge is 0.496 e. The molecule has 2 aromatic carbocycles. The van der Waals surface area contributed by atoms with Crippen molar-refractivity contribution in [1.29, 1.82) is 0 Å². The first-order chi connectivity index (χ1) is 13.6. The monoisotopic (exact) mass is 395 g/mol. The number of hydrogen-bond acceptors (Lipinski definition) is 3.